The molecule has 0 aliphatic heterocycles. The Kier molecular flexibility index (Phi) is 26.0. The minimum absolute atomic E-state index is 0.0730. The molecule has 78 heavy (non-hydrogen) atoms. The summed E-state index contributed by atoms with van der Waals surface area (Å²) in [5.41, 5.74) is 8.90. The van der Waals surface area contributed by atoms with Gasteiger partial charge < -0.3 is 27.6 Å². The number of aliphatic hydroxyl groups is 1. The fourth-order valence-corrected chi connectivity index (χ4v) is 25.6. The van der Waals surface area contributed by atoms with E-state index in [0.29, 0.717) is 41.6 Å². The molecule has 10 heteroatoms. The maximum Gasteiger partial charge on any atom is 0.187 e. The Hall–Kier alpha value is -1.22. The molecule has 0 bridgehead atoms. The van der Waals surface area contributed by atoms with Gasteiger partial charge in [0.15, 0.2) is 33.3 Å². The fourth-order valence-electron chi connectivity index (χ4n) is 16.2. The summed E-state index contributed by atoms with van der Waals surface area (Å²) in [5, 5.41) is 9.92. The van der Waals surface area contributed by atoms with Gasteiger partial charge in [-0.1, -0.05) is 155 Å². The Morgan fingerprint density at radius 1 is 0.564 bits per heavy atom. The maximum atomic E-state index is 11.7. The smallest absolute Gasteiger partial charge is 0.187 e. The molecule has 446 valence electrons. The molecular formula is C68H122O6Si4. The molecule has 0 aromatic heterocycles. The number of fused-ring (bicyclic) bond motifs is 2. The quantitative estimate of drug-likeness (QED) is 0.0687. The summed E-state index contributed by atoms with van der Waals surface area (Å²) in [7, 11) is -6.98. The fraction of sp³-hybridized carbons (Fsp3) is 0.809. The normalized spacial score (nSPS) is 33.0. The van der Waals surface area contributed by atoms with Crippen LogP contribution >= 0.6 is 0 Å². The van der Waals surface area contributed by atoms with Crippen LogP contribution in [-0.4, -0.2) is 75.7 Å². The van der Waals surface area contributed by atoms with Crippen LogP contribution in [0.2, 0.25) is 76.6 Å². The molecule has 1 N–H and O–H groups in total. The van der Waals surface area contributed by atoms with Crippen molar-refractivity contribution in [3.63, 3.8) is 0 Å². The van der Waals surface area contributed by atoms with Gasteiger partial charge in [-0.15, -0.1) is 0 Å². The molecule has 6 aliphatic rings. The summed E-state index contributed by atoms with van der Waals surface area (Å²) in [6, 6.07) is 4.89. The van der Waals surface area contributed by atoms with Gasteiger partial charge in [0.05, 0.1) is 24.4 Å². The zero-order valence-electron chi connectivity index (χ0n) is 53.7. The van der Waals surface area contributed by atoms with Gasteiger partial charge in [0.1, 0.15) is 6.29 Å². The standard InChI is InChI=1S/C34H62O3Si2.C34H60O3Si2/c2*1-10-12-21-38(6,7)36-30-23-29(27(4)33(24-30)37-39(8,9)22-13-11-2)17-16-28-15-14-20-34(5)31(26(3)25-35)18-19-32(28)34/h16-17,26,30-33,35H,4,10-15,18-25H2,1-3,5-9H3;16-17,25-26,30-33H,4,10-15,18-24H2,1-3,5-9H3/b2*28-16+,29-17-/t2*26-,30-,31-,32?,33+,34-/m11/s1. The van der Waals surface area contributed by atoms with Gasteiger partial charge in [-0.3, -0.25) is 0 Å². The SMILES string of the molecule is C=C1/C(=C\C=C2/CCC[C@@]3(C)C2CC[C@@H]3[C@H](C)C=O)C[C@@H](O[Si](C)(C)CCCC)C[C@@H]1O[Si](C)(C)CCCC.C=C1/C(=C\C=C2/CCC[C@@]3(C)C2CC[C@@H]3[C@H](C)CO)C[C@@H](O[Si](C)(C)CCCC)C[C@@H]1O[Si](C)(C)CCCC. The number of hydrogen-bond acceptors (Lipinski definition) is 6. The zero-order chi connectivity index (χ0) is 57.7. The second-order valence-electron chi connectivity index (χ2n) is 29.3. The van der Waals surface area contributed by atoms with Crippen LogP contribution < -0.4 is 0 Å². The number of aldehydes is 1. The first-order valence-corrected chi connectivity index (χ1v) is 45.1. The van der Waals surface area contributed by atoms with Crippen molar-refractivity contribution in [3.8, 4) is 0 Å². The highest BCUT2D eigenvalue weighted by atomic mass is 28.4. The third-order valence-corrected chi connectivity index (χ3v) is 30.8. The van der Waals surface area contributed by atoms with E-state index < -0.39 is 33.3 Å². The molecule has 6 nitrogen and oxygen atoms in total. The molecule has 0 spiro atoms. The second kappa shape index (κ2) is 30.0. The Labute approximate surface area is 485 Å². The molecule has 0 aromatic carbocycles. The molecule has 0 heterocycles. The first-order chi connectivity index (χ1) is 36.7. The number of allylic oxidation sites excluding steroid dienone is 6. The topological polar surface area (TPSA) is 74.2 Å². The highest BCUT2D eigenvalue weighted by Gasteiger charge is 2.52. The maximum absolute atomic E-state index is 11.7. The van der Waals surface area contributed by atoms with E-state index in [2.05, 4.69) is 145 Å². The van der Waals surface area contributed by atoms with E-state index in [1.54, 1.807) is 11.1 Å². The lowest BCUT2D eigenvalue weighted by molar-refractivity contribution is -0.113. The lowest BCUT2D eigenvalue weighted by atomic mass is 9.61. The number of hydrogen-bond donors (Lipinski definition) is 1. The molecule has 0 aromatic rings. The largest absolute Gasteiger partial charge is 0.414 e. The van der Waals surface area contributed by atoms with Crippen LogP contribution in [0.25, 0.3) is 0 Å². The molecule has 6 saturated carbocycles. The molecule has 6 fully saturated rings. The van der Waals surface area contributed by atoms with E-state index in [9.17, 15) is 9.90 Å². The molecule has 0 saturated heterocycles. The molecule has 0 radical (unpaired) electrons. The van der Waals surface area contributed by atoms with E-state index in [0.717, 1.165) is 25.7 Å². The predicted octanol–water partition coefficient (Wildman–Crippen LogP) is 19.8. The summed E-state index contributed by atoms with van der Waals surface area (Å²) >= 11 is 0. The Morgan fingerprint density at radius 3 is 1.28 bits per heavy atom. The van der Waals surface area contributed by atoms with Crippen molar-refractivity contribution in [3.05, 3.63) is 70.9 Å². The summed E-state index contributed by atoms with van der Waals surface area (Å²) in [6.07, 6.45) is 37.7. The second-order valence-corrected chi connectivity index (χ2v) is 46.3. The van der Waals surface area contributed by atoms with Crippen molar-refractivity contribution < 1.29 is 27.6 Å². The van der Waals surface area contributed by atoms with E-state index in [4.69, 9.17) is 17.7 Å². The highest BCUT2D eigenvalue weighted by Crippen LogP contribution is 2.60. The van der Waals surface area contributed by atoms with Crippen molar-refractivity contribution >= 4 is 39.6 Å². The van der Waals surface area contributed by atoms with E-state index in [-0.39, 0.29) is 35.7 Å². The molecular weight excluding hydrogens is 1030 g/mol. The average molecular weight is 1150 g/mol. The first-order valence-electron chi connectivity index (χ1n) is 32.7. The van der Waals surface area contributed by atoms with Crippen molar-refractivity contribution in [1.82, 2.24) is 0 Å². The number of carbonyl (C=O) groups excluding carboxylic acids is 1. The Balaban J connectivity index is 0.000000287. The number of aliphatic hydroxyl groups excluding tert-OH is 1. The van der Waals surface area contributed by atoms with Gasteiger partial charge in [-0.2, -0.15) is 0 Å². The van der Waals surface area contributed by atoms with Crippen LogP contribution in [-0.2, 0) is 22.5 Å². The van der Waals surface area contributed by atoms with Crippen molar-refractivity contribution in [1.29, 1.82) is 0 Å². The zero-order valence-corrected chi connectivity index (χ0v) is 57.7. The minimum atomic E-state index is -1.77. The molecule has 6 rings (SSSR count). The summed E-state index contributed by atoms with van der Waals surface area (Å²) in [6.45, 7) is 47.2. The highest BCUT2D eigenvalue weighted by molar-refractivity contribution is 6.72. The Morgan fingerprint density at radius 2 is 0.923 bits per heavy atom. The molecule has 0 amide bonds. The third-order valence-electron chi connectivity index (χ3n) is 20.8. The van der Waals surface area contributed by atoms with Crippen LogP contribution in [0.5, 0.6) is 0 Å². The van der Waals surface area contributed by atoms with Crippen LogP contribution in [0.15, 0.2) is 70.9 Å². The van der Waals surface area contributed by atoms with Crippen molar-refractivity contribution in [2.75, 3.05) is 6.61 Å². The predicted molar refractivity (Wildman–Crippen MR) is 345 cm³/mol. The van der Waals surface area contributed by atoms with Gasteiger partial charge in [0.25, 0.3) is 0 Å². The molecule has 6 aliphatic carbocycles. The van der Waals surface area contributed by atoms with Crippen molar-refractivity contribution in [2.45, 2.75) is 298 Å². The van der Waals surface area contributed by atoms with E-state index in [1.165, 1.54) is 168 Å². The van der Waals surface area contributed by atoms with E-state index in [1.807, 2.05) is 0 Å². The van der Waals surface area contributed by atoms with Gasteiger partial charge >= 0.3 is 0 Å². The first kappa shape index (κ1) is 67.6. The van der Waals surface area contributed by atoms with Gasteiger partial charge in [0, 0.05) is 25.4 Å². The Bertz CT molecular complexity index is 2070. The lowest BCUT2D eigenvalue weighted by Crippen LogP contribution is -2.44. The van der Waals surface area contributed by atoms with Gasteiger partial charge in [0.2, 0.25) is 0 Å². The summed E-state index contributed by atoms with van der Waals surface area (Å²) in [5.74, 6) is 2.96. The van der Waals surface area contributed by atoms with Crippen molar-refractivity contribution in [2.24, 2.45) is 46.3 Å². The third kappa shape index (κ3) is 18.4. The summed E-state index contributed by atoms with van der Waals surface area (Å²) < 4.78 is 27.8. The van der Waals surface area contributed by atoms with Crippen LogP contribution in [0.1, 0.15) is 197 Å². The van der Waals surface area contributed by atoms with Crippen LogP contribution in [0.3, 0.4) is 0 Å². The monoisotopic (exact) mass is 1150 g/mol. The van der Waals surface area contributed by atoms with E-state index >= 15 is 0 Å². The number of rotatable bonds is 26. The van der Waals surface area contributed by atoms with Gasteiger partial charge in [-0.25, -0.2) is 0 Å². The minimum Gasteiger partial charge on any atom is -0.414 e. The molecule has 12 atom stereocenters. The number of unbranched alkanes of at least 4 members (excludes halogenated alkanes) is 4. The van der Waals surface area contributed by atoms with Crippen LogP contribution in [0, 0.1) is 46.3 Å². The lowest BCUT2D eigenvalue weighted by Gasteiger charge is -2.44. The van der Waals surface area contributed by atoms with Gasteiger partial charge in [-0.05, 0) is 216 Å². The summed E-state index contributed by atoms with van der Waals surface area (Å²) in [4.78, 5) is 11.7. The van der Waals surface area contributed by atoms with Crippen LogP contribution in [0.4, 0.5) is 0 Å². The molecule has 2 unspecified atom stereocenters. The average Bonchev–Trinajstić information content (AvgIpc) is 3.95. The number of carbonyl (C=O) groups is 1.